The molecule has 0 atom stereocenters. The quantitative estimate of drug-likeness (QED) is 0.596. The number of carbonyl (C=O) groups excluding carboxylic acids is 1. The van der Waals surface area contributed by atoms with Crippen LogP contribution in [0.2, 0.25) is 0 Å². The van der Waals surface area contributed by atoms with Crippen LogP contribution in [0.25, 0.3) is 10.8 Å². The average Bonchev–Trinajstić information content (AvgIpc) is 2.63. The van der Waals surface area contributed by atoms with Crippen molar-refractivity contribution in [2.75, 3.05) is 13.2 Å². The molecule has 2 aromatic carbocycles. The van der Waals surface area contributed by atoms with Crippen molar-refractivity contribution in [3.63, 3.8) is 0 Å². The number of fused-ring (bicyclic) bond motifs is 1. The van der Waals surface area contributed by atoms with Crippen LogP contribution in [0.15, 0.2) is 62.7 Å². The van der Waals surface area contributed by atoms with Gasteiger partial charge in [0.05, 0.1) is 11.0 Å². The summed E-state index contributed by atoms with van der Waals surface area (Å²) in [7, 11) is 0. The summed E-state index contributed by atoms with van der Waals surface area (Å²) in [5, 5.41) is 4.88. The average molecular weight is 418 g/mol. The van der Waals surface area contributed by atoms with Gasteiger partial charge in [-0.25, -0.2) is 4.79 Å². The highest BCUT2D eigenvalue weighted by atomic mass is 79.9. The normalized spacial score (nSPS) is 10.7. The van der Waals surface area contributed by atoms with Crippen molar-refractivity contribution in [2.45, 2.75) is 6.54 Å². The molecule has 3 aromatic rings. The molecule has 134 valence electrons. The first-order valence-corrected chi connectivity index (χ1v) is 8.70. The SMILES string of the molecule is O=C(Cn1cc(Br)c(=O)[nH]c1=O)NCCOc1ccc2ccccc2c1. The van der Waals surface area contributed by atoms with Gasteiger partial charge in [0.2, 0.25) is 5.91 Å². The van der Waals surface area contributed by atoms with Crippen LogP contribution in [-0.4, -0.2) is 28.6 Å². The van der Waals surface area contributed by atoms with E-state index < -0.39 is 11.2 Å². The molecule has 0 unspecified atom stereocenters. The van der Waals surface area contributed by atoms with Gasteiger partial charge in [0.1, 0.15) is 18.9 Å². The van der Waals surface area contributed by atoms with Crippen LogP contribution in [-0.2, 0) is 11.3 Å². The number of aromatic nitrogens is 2. The van der Waals surface area contributed by atoms with E-state index >= 15 is 0 Å². The largest absolute Gasteiger partial charge is 0.492 e. The zero-order valence-corrected chi connectivity index (χ0v) is 15.3. The lowest BCUT2D eigenvalue weighted by Gasteiger charge is -2.09. The highest BCUT2D eigenvalue weighted by Crippen LogP contribution is 2.20. The van der Waals surface area contributed by atoms with Gasteiger partial charge >= 0.3 is 5.69 Å². The Bertz CT molecular complexity index is 1060. The number of benzene rings is 2. The molecule has 0 spiro atoms. The number of nitrogens with zero attached hydrogens (tertiary/aromatic N) is 1. The molecule has 3 rings (SSSR count). The zero-order valence-electron chi connectivity index (χ0n) is 13.7. The van der Waals surface area contributed by atoms with Gasteiger partial charge in [0.25, 0.3) is 5.56 Å². The molecular weight excluding hydrogens is 402 g/mol. The Hall–Kier alpha value is -2.87. The fourth-order valence-corrected chi connectivity index (χ4v) is 2.77. The summed E-state index contributed by atoms with van der Waals surface area (Å²) in [6.45, 7) is 0.406. The smallest absolute Gasteiger partial charge is 0.328 e. The van der Waals surface area contributed by atoms with E-state index in [4.69, 9.17) is 4.74 Å². The molecule has 1 amide bonds. The second kappa shape index (κ2) is 8.01. The molecule has 1 heterocycles. The number of H-pyrrole nitrogens is 1. The number of carbonyl (C=O) groups is 1. The van der Waals surface area contributed by atoms with E-state index in [9.17, 15) is 14.4 Å². The molecule has 0 fully saturated rings. The summed E-state index contributed by atoms with van der Waals surface area (Å²) in [5.41, 5.74) is -1.17. The molecular formula is C18H16BrN3O4. The van der Waals surface area contributed by atoms with Crippen molar-refractivity contribution < 1.29 is 9.53 Å². The second-order valence-corrected chi connectivity index (χ2v) is 6.43. The van der Waals surface area contributed by atoms with Crippen molar-refractivity contribution in [3.05, 3.63) is 74.0 Å². The van der Waals surface area contributed by atoms with Gasteiger partial charge in [-0.2, -0.15) is 0 Å². The summed E-state index contributed by atoms with van der Waals surface area (Å²) in [6, 6.07) is 13.8. The van der Waals surface area contributed by atoms with E-state index in [1.165, 1.54) is 6.20 Å². The number of halogens is 1. The summed E-state index contributed by atoms with van der Waals surface area (Å²) in [4.78, 5) is 36.9. The number of amides is 1. The third-order valence-corrected chi connectivity index (χ3v) is 4.26. The predicted octanol–water partition coefficient (Wildman–Crippen LogP) is 1.65. The number of ether oxygens (including phenoxy) is 1. The van der Waals surface area contributed by atoms with Crippen molar-refractivity contribution in [1.82, 2.24) is 14.9 Å². The summed E-state index contributed by atoms with van der Waals surface area (Å²) in [6.07, 6.45) is 1.28. The first-order chi connectivity index (χ1) is 12.5. The molecule has 2 N–H and O–H groups in total. The number of rotatable bonds is 6. The van der Waals surface area contributed by atoms with Crippen molar-refractivity contribution in [3.8, 4) is 5.75 Å². The molecule has 0 radical (unpaired) electrons. The van der Waals surface area contributed by atoms with Crippen LogP contribution in [0.5, 0.6) is 5.75 Å². The monoisotopic (exact) mass is 417 g/mol. The van der Waals surface area contributed by atoms with E-state index in [-0.39, 0.29) is 16.9 Å². The Morgan fingerprint density at radius 3 is 2.73 bits per heavy atom. The maximum Gasteiger partial charge on any atom is 0.328 e. The van der Waals surface area contributed by atoms with E-state index in [0.29, 0.717) is 13.2 Å². The summed E-state index contributed by atoms with van der Waals surface area (Å²) in [5.74, 6) is 0.367. The molecule has 0 saturated carbocycles. The first kappa shape index (κ1) is 17.9. The maximum absolute atomic E-state index is 11.9. The van der Waals surface area contributed by atoms with E-state index in [1.807, 2.05) is 42.5 Å². The van der Waals surface area contributed by atoms with Crippen LogP contribution in [0.3, 0.4) is 0 Å². The van der Waals surface area contributed by atoms with E-state index in [0.717, 1.165) is 21.1 Å². The number of hydrogen-bond acceptors (Lipinski definition) is 4. The third kappa shape index (κ3) is 4.40. The number of nitrogens with one attached hydrogen (secondary N) is 2. The molecule has 0 aliphatic heterocycles. The molecule has 1 aromatic heterocycles. The fraction of sp³-hybridized carbons (Fsp3) is 0.167. The number of aromatic amines is 1. The lowest BCUT2D eigenvalue weighted by atomic mass is 10.1. The van der Waals surface area contributed by atoms with Gasteiger partial charge in [-0.05, 0) is 38.8 Å². The first-order valence-electron chi connectivity index (χ1n) is 7.90. The van der Waals surface area contributed by atoms with E-state index in [1.54, 1.807) is 0 Å². The van der Waals surface area contributed by atoms with Crippen molar-refractivity contribution in [2.24, 2.45) is 0 Å². The number of hydrogen-bond donors (Lipinski definition) is 2. The van der Waals surface area contributed by atoms with Crippen molar-refractivity contribution >= 4 is 32.6 Å². The molecule has 0 aliphatic carbocycles. The standard InChI is InChI=1S/C18H16BrN3O4/c19-15-10-22(18(25)21-17(15)24)11-16(23)20-7-8-26-14-6-5-12-3-1-2-4-13(12)9-14/h1-6,9-10H,7-8,11H2,(H,20,23)(H,21,24,25). The minimum Gasteiger partial charge on any atom is -0.492 e. The summed E-state index contributed by atoms with van der Waals surface area (Å²) < 4.78 is 6.94. The Kier molecular flexibility index (Phi) is 5.52. The Labute approximate surface area is 156 Å². The second-order valence-electron chi connectivity index (χ2n) is 5.57. The van der Waals surface area contributed by atoms with Crippen LogP contribution in [0.1, 0.15) is 0 Å². The topological polar surface area (TPSA) is 93.2 Å². The minimum atomic E-state index is -0.638. The zero-order chi connectivity index (χ0) is 18.5. The fourth-order valence-electron chi connectivity index (χ4n) is 2.43. The van der Waals surface area contributed by atoms with Gasteiger partial charge < -0.3 is 10.1 Å². The van der Waals surface area contributed by atoms with Gasteiger partial charge in [-0.1, -0.05) is 30.3 Å². The Morgan fingerprint density at radius 2 is 1.92 bits per heavy atom. The molecule has 0 bridgehead atoms. The van der Waals surface area contributed by atoms with Crippen molar-refractivity contribution in [1.29, 1.82) is 0 Å². The lowest BCUT2D eigenvalue weighted by Crippen LogP contribution is -2.37. The molecule has 0 aliphatic rings. The Balaban J connectivity index is 1.50. The van der Waals surface area contributed by atoms with Crippen LogP contribution < -0.4 is 21.3 Å². The minimum absolute atomic E-state index is 0.185. The lowest BCUT2D eigenvalue weighted by molar-refractivity contribution is -0.121. The van der Waals surface area contributed by atoms with E-state index in [2.05, 4.69) is 26.2 Å². The van der Waals surface area contributed by atoms with Crippen LogP contribution >= 0.6 is 15.9 Å². The van der Waals surface area contributed by atoms with Crippen LogP contribution in [0.4, 0.5) is 0 Å². The van der Waals surface area contributed by atoms with Gasteiger partial charge in [-0.15, -0.1) is 0 Å². The van der Waals surface area contributed by atoms with Crippen LogP contribution in [0, 0.1) is 0 Å². The maximum atomic E-state index is 11.9. The van der Waals surface area contributed by atoms with Gasteiger partial charge in [-0.3, -0.25) is 19.1 Å². The third-order valence-electron chi connectivity index (χ3n) is 3.70. The predicted molar refractivity (Wildman–Crippen MR) is 101 cm³/mol. The highest BCUT2D eigenvalue weighted by Gasteiger charge is 2.07. The summed E-state index contributed by atoms with van der Waals surface area (Å²) >= 11 is 3.02. The molecule has 26 heavy (non-hydrogen) atoms. The Morgan fingerprint density at radius 1 is 1.15 bits per heavy atom. The van der Waals surface area contributed by atoms with Gasteiger partial charge in [0, 0.05) is 6.20 Å². The molecule has 8 heteroatoms. The van der Waals surface area contributed by atoms with Gasteiger partial charge in [0.15, 0.2) is 0 Å². The highest BCUT2D eigenvalue weighted by molar-refractivity contribution is 9.10. The molecule has 7 nitrogen and oxygen atoms in total. The molecule has 0 saturated heterocycles.